The van der Waals surface area contributed by atoms with Crippen molar-refractivity contribution in [1.29, 1.82) is 0 Å². The molecule has 1 rings (SSSR count). The Morgan fingerprint density at radius 2 is 1.86 bits per heavy atom. The van der Waals surface area contributed by atoms with Crippen LogP contribution in [-0.4, -0.2) is 24.8 Å². The van der Waals surface area contributed by atoms with Gasteiger partial charge in [0.15, 0.2) is 0 Å². The van der Waals surface area contributed by atoms with Crippen LogP contribution in [0.4, 0.5) is 0 Å². The van der Waals surface area contributed by atoms with Crippen LogP contribution in [-0.2, 0) is 4.74 Å². The predicted octanol–water partition coefficient (Wildman–Crippen LogP) is 1.48. The second kappa shape index (κ2) is 4.58. The summed E-state index contributed by atoms with van der Waals surface area (Å²) < 4.78 is 4.55. The summed E-state index contributed by atoms with van der Waals surface area (Å²) in [6, 6.07) is 6.74. The minimum atomic E-state index is -0.369. The van der Waals surface area contributed by atoms with Crippen LogP contribution in [0.3, 0.4) is 0 Å². The fourth-order valence-electron chi connectivity index (χ4n) is 1.05. The molecule has 0 aliphatic carbocycles. The van der Waals surface area contributed by atoms with Crippen LogP contribution in [0, 0.1) is 0 Å². The standard InChI is InChI=1S/C11H12O3/c1-8(7-12)9-3-5-10(6-4-9)11(13)14-2/h3-6,12H,1,7H2,2H3. The number of carbonyl (C=O) groups is 1. The zero-order chi connectivity index (χ0) is 10.6. The van der Waals surface area contributed by atoms with Crippen molar-refractivity contribution in [2.24, 2.45) is 0 Å². The quantitative estimate of drug-likeness (QED) is 0.738. The van der Waals surface area contributed by atoms with Gasteiger partial charge in [0.05, 0.1) is 19.3 Å². The van der Waals surface area contributed by atoms with Crippen LogP contribution in [0.2, 0.25) is 0 Å². The molecule has 0 saturated heterocycles. The third-order valence-corrected chi connectivity index (χ3v) is 1.91. The maximum absolute atomic E-state index is 11.1. The zero-order valence-electron chi connectivity index (χ0n) is 7.99. The Morgan fingerprint density at radius 1 is 1.36 bits per heavy atom. The van der Waals surface area contributed by atoms with E-state index in [1.54, 1.807) is 24.3 Å². The largest absolute Gasteiger partial charge is 0.465 e. The van der Waals surface area contributed by atoms with Crippen molar-refractivity contribution in [2.75, 3.05) is 13.7 Å². The number of aliphatic hydroxyl groups excluding tert-OH is 1. The lowest BCUT2D eigenvalue weighted by molar-refractivity contribution is 0.0601. The monoisotopic (exact) mass is 192 g/mol. The highest BCUT2D eigenvalue weighted by Crippen LogP contribution is 2.12. The highest BCUT2D eigenvalue weighted by molar-refractivity contribution is 5.89. The number of ether oxygens (including phenoxy) is 1. The van der Waals surface area contributed by atoms with Gasteiger partial charge in [-0.2, -0.15) is 0 Å². The molecule has 0 aliphatic rings. The topological polar surface area (TPSA) is 46.5 Å². The second-order valence-corrected chi connectivity index (χ2v) is 2.83. The number of esters is 1. The number of benzene rings is 1. The van der Waals surface area contributed by atoms with Crippen LogP contribution in [0.1, 0.15) is 15.9 Å². The summed E-state index contributed by atoms with van der Waals surface area (Å²) >= 11 is 0. The Balaban J connectivity index is 2.89. The van der Waals surface area contributed by atoms with Crippen molar-refractivity contribution >= 4 is 11.5 Å². The van der Waals surface area contributed by atoms with Crippen LogP contribution < -0.4 is 0 Å². The first-order valence-corrected chi connectivity index (χ1v) is 4.16. The van der Waals surface area contributed by atoms with E-state index < -0.39 is 0 Å². The molecule has 1 aromatic rings. The number of rotatable bonds is 3. The Kier molecular flexibility index (Phi) is 3.42. The third-order valence-electron chi connectivity index (χ3n) is 1.91. The van der Waals surface area contributed by atoms with Gasteiger partial charge in [0, 0.05) is 0 Å². The van der Waals surface area contributed by atoms with Gasteiger partial charge >= 0.3 is 5.97 Å². The van der Waals surface area contributed by atoms with E-state index in [9.17, 15) is 4.79 Å². The molecule has 3 heteroatoms. The van der Waals surface area contributed by atoms with E-state index in [4.69, 9.17) is 5.11 Å². The second-order valence-electron chi connectivity index (χ2n) is 2.83. The minimum Gasteiger partial charge on any atom is -0.465 e. The molecule has 0 bridgehead atoms. The molecule has 0 amide bonds. The van der Waals surface area contributed by atoms with Gasteiger partial charge in [-0.3, -0.25) is 0 Å². The fourth-order valence-corrected chi connectivity index (χ4v) is 1.05. The molecule has 0 spiro atoms. The van der Waals surface area contributed by atoms with Crippen LogP contribution in [0.15, 0.2) is 30.8 Å². The summed E-state index contributed by atoms with van der Waals surface area (Å²) in [6.07, 6.45) is 0. The van der Waals surface area contributed by atoms with Gasteiger partial charge in [0.1, 0.15) is 0 Å². The molecule has 1 N–H and O–H groups in total. The number of aliphatic hydroxyl groups is 1. The molecule has 0 aliphatic heterocycles. The third kappa shape index (κ3) is 2.20. The maximum atomic E-state index is 11.1. The van der Waals surface area contributed by atoms with Crippen molar-refractivity contribution in [3.63, 3.8) is 0 Å². The number of methoxy groups -OCH3 is 1. The molecule has 1 aromatic carbocycles. The Labute approximate surface area is 82.6 Å². The lowest BCUT2D eigenvalue weighted by Gasteiger charge is -2.03. The van der Waals surface area contributed by atoms with Gasteiger partial charge in [-0.05, 0) is 23.3 Å². The smallest absolute Gasteiger partial charge is 0.337 e. The lowest BCUT2D eigenvalue weighted by Crippen LogP contribution is -2.00. The van der Waals surface area contributed by atoms with E-state index in [0.29, 0.717) is 11.1 Å². The van der Waals surface area contributed by atoms with E-state index in [2.05, 4.69) is 11.3 Å². The average Bonchev–Trinajstić information content (AvgIpc) is 2.27. The van der Waals surface area contributed by atoms with Crippen molar-refractivity contribution in [3.05, 3.63) is 42.0 Å². The minimum absolute atomic E-state index is 0.0857. The first kappa shape index (κ1) is 10.5. The summed E-state index contributed by atoms with van der Waals surface area (Å²) in [5.41, 5.74) is 1.93. The maximum Gasteiger partial charge on any atom is 0.337 e. The van der Waals surface area contributed by atoms with Gasteiger partial charge < -0.3 is 9.84 Å². The highest BCUT2D eigenvalue weighted by atomic mass is 16.5. The summed E-state index contributed by atoms with van der Waals surface area (Å²) in [4.78, 5) is 11.1. The average molecular weight is 192 g/mol. The lowest BCUT2D eigenvalue weighted by atomic mass is 10.1. The molecule has 0 saturated carbocycles. The van der Waals surface area contributed by atoms with E-state index >= 15 is 0 Å². The van der Waals surface area contributed by atoms with E-state index in [1.807, 2.05) is 0 Å². The summed E-state index contributed by atoms with van der Waals surface area (Å²) in [7, 11) is 1.34. The molecular formula is C11H12O3. The predicted molar refractivity (Wildman–Crippen MR) is 53.9 cm³/mol. The highest BCUT2D eigenvalue weighted by Gasteiger charge is 2.04. The number of hydrogen-bond acceptors (Lipinski definition) is 3. The molecule has 0 radical (unpaired) electrons. The molecule has 74 valence electrons. The Morgan fingerprint density at radius 3 is 2.29 bits per heavy atom. The van der Waals surface area contributed by atoms with E-state index in [0.717, 1.165) is 5.56 Å². The van der Waals surface area contributed by atoms with Gasteiger partial charge in [0.25, 0.3) is 0 Å². The van der Waals surface area contributed by atoms with Crippen LogP contribution in [0.25, 0.3) is 5.57 Å². The van der Waals surface area contributed by atoms with Crippen molar-refractivity contribution < 1.29 is 14.6 Å². The summed E-state index contributed by atoms with van der Waals surface area (Å²) in [6.45, 7) is 3.59. The number of carbonyl (C=O) groups excluding carboxylic acids is 1. The van der Waals surface area contributed by atoms with Crippen molar-refractivity contribution in [2.45, 2.75) is 0 Å². The molecule has 0 fully saturated rings. The summed E-state index contributed by atoms with van der Waals surface area (Å²) in [5.74, 6) is -0.369. The molecule has 0 atom stereocenters. The van der Waals surface area contributed by atoms with E-state index in [1.165, 1.54) is 7.11 Å². The van der Waals surface area contributed by atoms with Gasteiger partial charge in [-0.25, -0.2) is 4.79 Å². The van der Waals surface area contributed by atoms with Gasteiger partial charge in [-0.15, -0.1) is 0 Å². The Hall–Kier alpha value is -1.61. The Bertz CT molecular complexity index is 303. The molecule has 0 aromatic heterocycles. The van der Waals surface area contributed by atoms with Crippen molar-refractivity contribution in [1.82, 2.24) is 0 Å². The van der Waals surface area contributed by atoms with Crippen molar-refractivity contribution in [3.8, 4) is 0 Å². The molecule has 0 unspecified atom stereocenters. The molecule has 14 heavy (non-hydrogen) atoms. The van der Waals surface area contributed by atoms with Crippen LogP contribution >= 0.6 is 0 Å². The number of hydrogen-bond donors (Lipinski definition) is 1. The van der Waals surface area contributed by atoms with Gasteiger partial charge in [0.2, 0.25) is 0 Å². The van der Waals surface area contributed by atoms with Gasteiger partial charge in [-0.1, -0.05) is 18.7 Å². The van der Waals surface area contributed by atoms with E-state index in [-0.39, 0.29) is 12.6 Å². The molecule has 3 nitrogen and oxygen atoms in total. The SMILES string of the molecule is C=C(CO)c1ccc(C(=O)OC)cc1. The molecule has 0 heterocycles. The zero-order valence-corrected chi connectivity index (χ0v) is 7.99. The first-order valence-electron chi connectivity index (χ1n) is 4.16. The summed E-state index contributed by atoms with van der Waals surface area (Å²) in [5, 5.41) is 8.82. The first-order chi connectivity index (χ1) is 6.69. The normalized spacial score (nSPS) is 9.57. The van der Waals surface area contributed by atoms with Crippen LogP contribution in [0.5, 0.6) is 0 Å². The molecular weight excluding hydrogens is 180 g/mol. The fraction of sp³-hybridized carbons (Fsp3) is 0.182.